The van der Waals surface area contributed by atoms with Gasteiger partial charge < -0.3 is 15.2 Å². The largest absolute Gasteiger partial charge is 0.490 e. The van der Waals surface area contributed by atoms with Crippen molar-refractivity contribution >= 4 is 17.4 Å². The van der Waals surface area contributed by atoms with Crippen LogP contribution in [-0.4, -0.2) is 25.7 Å². The van der Waals surface area contributed by atoms with Crippen molar-refractivity contribution in [2.75, 3.05) is 19.8 Å². The summed E-state index contributed by atoms with van der Waals surface area (Å²) in [4.78, 5) is 0. The van der Waals surface area contributed by atoms with Gasteiger partial charge in [0.15, 0.2) is 0 Å². The summed E-state index contributed by atoms with van der Waals surface area (Å²) in [5.41, 5.74) is 6.03. The molecule has 0 aromatic heterocycles. The first kappa shape index (κ1) is 15.8. The number of hydrogen-bond acceptors (Lipinski definition) is 3. The molecule has 0 radical (unpaired) electrons. The highest BCUT2D eigenvalue weighted by Gasteiger charge is 2.07. The van der Waals surface area contributed by atoms with Gasteiger partial charge in [0.2, 0.25) is 0 Å². The van der Waals surface area contributed by atoms with Gasteiger partial charge in [-0.15, -0.1) is 0 Å². The Morgan fingerprint density at radius 2 is 2.05 bits per heavy atom. The summed E-state index contributed by atoms with van der Waals surface area (Å²) in [5.74, 6) is 1.12. The van der Waals surface area contributed by atoms with E-state index in [0.29, 0.717) is 35.5 Å². The van der Waals surface area contributed by atoms with E-state index in [2.05, 4.69) is 13.8 Å². The van der Waals surface area contributed by atoms with E-state index in [4.69, 9.17) is 32.2 Å². The molecule has 1 rings (SSSR count). The summed E-state index contributed by atoms with van der Waals surface area (Å²) < 4.78 is 11.0. The van der Waals surface area contributed by atoms with Gasteiger partial charge in [-0.3, -0.25) is 5.41 Å². The number of ether oxygens (including phenoxy) is 2. The highest BCUT2D eigenvalue weighted by molar-refractivity contribution is 6.30. The standard InChI is InChI=1S/C14H21ClN2O2/c1-10(2)5-6-18-7-8-19-13-9-11(15)3-4-12(13)14(16)17/h3-4,9-10H,5-8H2,1-2H3,(H3,16,17). The molecule has 19 heavy (non-hydrogen) atoms. The molecule has 5 heteroatoms. The molecule has 0 aliphatic heterocycles. The van der Waals surface area contributed by atoms with Crippen LogP contribution < -0.4 is 10.5 Å². The van der Waals surface area contributed by atoms with Crippen LogP contribution in [0.3, 0.4) is 0 Å². The zero-order valence-corrected chi connectivity index (χ0v) is 12.2. The fraction of sp³-hybridized carbons (Fsp3) is 0.500. The van der Waals surface area contributed by atoms with Gasteiger partial charge in [-0.25, -0.2) is 0 Å². The molecule has 0 aliphatic rings. The van der Waals surface area contributed by atoms with Crippen LogP contribution in [0.15, 0.2) is 18.2 Å². The Hall–Kier alpha value is -1.26. The third-order valence-corrected chi connectivity index (χ3v) is 2.79. The zero-order chi connectivity index (χ0) is 14.3. The second-order valence-corrected chi connectivity index (χ2v) is 5.13. The van der Waals surface area contributed by atoms with Crippen LogP contribution in [0.25, 0.3) is 0 Å². The number of halogens is 1. The average Bonchev–Trinajstić information content (AvgIpc) is 2.33. The minimum absolute atomic E-state index is 0.0348. The Balaban J connectivity index is 2.40. The zero-order valence-electron chi connectivity index (χ0n) is 11.4. The molecular formula is C14H21ClN2O2. The average molecular weight is 285 g/mol. The normalized spacial score (nSPS) is 10.7. The van der Waals surface area contributed by atoms with Gasteiger partial charge in [0, 0.05) is 11.6 Å². The third-order valence-electron chi connectivity index (χ3n) is 2.56. The lowest BCUT2D eigenvalue weighted by molar-refractivity contribution is 0.0925. The molecule has 106 valence electrons. The van der Waals surface area contributed by atoms with Gasteiger partial charge in [0.05, 0.1) is 12.2 Å². The van der Waals surface area contributed by atoms with Gasteiger partial charge in [0.25, 0.3) is 0 Å². The number of nitrogen functional groups attached to an aromatic ring is 1. The molecule has 0 spiro atoms. The molecule has 0 saturated carbocycles. The Morgan fingerprint density at radius 3 is 2.68 bits per heavy atom. The van der Waals surface area contributed by atoms with Gasteiger partial charge in [-0.1, -0.05) is 25.4 Å². The predicted molar refractivity (Wildman–Crippen MR) is 78.2 cm³/mol. The number of hydrogen-bond donors (Lipinski definition) is 2. The topological polar surface area (TPSA) is 68.3 Å². The lowest BCUT2D eigenvalue weighted by Crippen LogP contribution is -2.15. The minimum atomic E-state index is -0.0348. The quantitative estimate of drug-likeness (QED) is 0.438. The van der Waals surface area contributed by atoms with Crippen molar-refractivity contribution in [3.8, 4) is 5.75 Å². The first-order valence-corrected chi connectivity index (χ1v) is 6.73. The first-order chi connectivity index (χ1) is 9.00. The van der Waals surface area contributed by atoms with Gasteiger partial charge in [-0.2, -0.15) is 0 Å². The van der Waals surface area contributed by atoms with Crippen molar-refractivity contribution in [2.24, 2.45) is 11.7 Å². The molecule has 0 fully saturated rings. The van der Waals surface area contributed by atoms with Crippen molar-refractivity contribution in [1.82, 2.24) is 0 Å². The molecule has 0 aliphatic carbocycles. The maximum atomic E-state index is 7.46. The smallest absolute Gasteiger partial charge is 0.131 e. The summed E-state index contributed by atoms with van der Waals surface area (Å²) in [5, 5.41) is 8.02. The Morgan fingerprint density at radius 1 is 1.32 bits per heavy atom. The van der Waals surface area contributed by atoms with Gasteiger partial charge in [0.1, 0.15) is 18.2 Å². The third kappa shape index (κ3) is 5.94. The fourth-order valence-corrected chi connectivity index (χ4v) is 1.63. The molecule has 0 amide bonds. The van der Waals surface area contributed by atoms with E-state index in [0.717, 1.165) is 13.0 Å². The summed E-state index contributed by atoms with van der Waals surface area (Å²) in [6.45, 7) is 5.97. The van der Waals surface area contributed by atoms with E-state index < -0.39 is 0 Å². The molecule has 0 heterocycles. The van der Waals surface area contributed by atoms with Crippen molar-refractivity contribution in [2.45, 2.75) is 20.3 Å². The van der Waals surface area contributed by atoms with E-state index >= 15 is 0 Å². The number of nitrogens with two attached hydrogens (primary N) is 1. The second-order valence-electron chi connectivity index (χ2n) is 4.70. The minimum Gasteiger partial charge on any atom is -0.490 e. The van der Waals surface area contributed by atoms with Crippen LogP contribution in [0, 0.1) is 11.3 Å². The fourth-order valence-electron chi connectivity index (χ4n) is 1.47. The maximum Gasteiger partial charge on any atom is 0.131 e. The van der Waals surface area contributed by atoms with Crippen LogP contribution >= 0.6 is 11.6 Å². The molecule has 0 atom stereocenters. The van der Waals surface area contributed by atoms with Crippen molar-refractivity contribution < 1.29 is 9.47 Å². The summed E-state index contributed by atoms with van der Waals surface area (Å²) in [6, 6.07) is 5.02. The highest BCUT2D eigenvalue weighted by atomic mass is 35.5. The van der Waals surface area contributed by atoms with Crippen molar-refractivity contribution in [3.05, 3.63) is 28.8 Å². The lowest BCUT2D eigenvalue weighted by atomic mass is 10.1. The summed E-state index contributed by atoms with van der Waals surface area (Å²) in [6.07, 6.45) is 1.04. The van der Waals surface area contributed by atoms with Crippen LogP contribution in [-0.2, 0) is 4.74 Å². The molecule has 0 unspecified atom stereocenters. The van der Waals surface area contributed by atoms with Crippen molar-refractivity contribution in [1.29, 1.82) is 5.41 Å². The maximum absolute atomic E-state index is 7.46. The van der Waals surface area contributed by atoms with Crippen LogP contribution in [0.2, 0.25) is 5.02 Å². The molecule has 0 saturated heterocycles. The number of rotatable bonds is 8. The monoisotopic (exact) mass is 284 g/mol. The second kappa shape index (κ2) is 8.02. The number of amidine groups is 1. The van der Waals surface area contributed by atoms with Crippen molar-refractivity contribution in [3.63, 3.8) is 0 Å². The highest BCUT2D eigenvalue weighted by Crippen LogP contribution is 2.22. The van der Waals surface area contributed by atoms with Gasteiger partial charge in [-0.05, 0) is 30.5 Å². The Kier molecular flexibility index (Phi) is 6.67. The summed E-state index contributed by atoms with van der Waals surface area (Å²) >= 11 is 5.90. The Labute approximate surface area is 119 Å². The van der Waals surface area contributed by atoms with Crippen LogP contribution in [0.5, 0.6) is 5.75 Å². The number of benzene rings is 1. The molecule has 0 bridgehead atoms. The SMILES string of the molecule is CC(C)CCOCCOc1cc(Cl)ccc1C(=N)N. The first-order valence-electron chi connectivity index (χ1n) is 6.35. The Bertz CT molecular complexity index is 422. The molecule has 3 N–H and O–H groups in total. The van der Waals surface area contributed by atoms with E-state index in [9.17, 15) is 0 Å². The predicted octanol–water partition coefficient (Wildman–Crippen LogP) is 3.07. The molecule has 4 nitrogen and oxygen atoms in total. The lowest BCUT2D eigenvalue weighted by Gasteiger charge is -2.11. The molecule has 1 aromatic rings. The van der Waals surface area contributed by atoms with E-state index in [-0.39, 0.29) is 5.84 Å². The van der Waals surface area contributed by atoms with Crippen LogP contribution in [0.1, 0.15) is 25.8 Å². The molecule has 1 aromatic carbocycles. The van der Waals surface area contributed by atoms with Crippen LogP contribution in [0.4, 0.5) is 0 Å². The van der Waals surface area contributed by atoms with E-state index in [1.807, 2.05) is 0 Å². The van der Waals surface area contributed by atoms with E-state index in [1.165, 1.54) is 0 Å². The summed E-state index contributed by atoms with van der Waals surface area (Å²) in [7, 11) is 0. The molecular weight excluding hydrogens is 264 g/mol. The number of nitrogens with one attached hydrogen (secondary N) is 1. The van der Waals surface area contributed by atoms with Gasteiger partial charge >= 0.3 is 0 Å². The van der Waals surface area contributed by atoms with E-state index in [1.54, 1.807) is 18.2 Å².